The largest absolute Gasteiger partial charge is 0.497 e. The van der Waals surface area contributed by atoms with E-state index >= 15 is 0 Å². The van der Waals surface area contributed by atoms with E-state index in [-0.39, 0.29) is 12.6 Å². The van der Waals surface area contributed by atoms with Crippen molar-refractivity contribution in [1.29, 1.82) is 0 Å². The van der Waals surface area contributed by atoms with E-state index in [1.54, 1.807) is 30.0 Å². The first-order valence-electron chi connectivity index (χ1n) is 10.3. The van der Waals surface area contributed by atoms with E-state index in [1.165, 1.54) is 6.07 Å². The summed E-state index contributed by atoms with van der Waals surface area (Å²) in [6.45, 7) is 1.46. The number of halogens is 1. The van der Waals surface area contributed by atoms with Crippen LogP contribution < -0.4 is 19.5 Å². The Labute approximate surface area is 185 Å². The van der Waals surface area contributed by atoms with Crippen molar-refractivity contribution < 1.29 is 18.6 Å². The number of hydrogen-bond donors (Lipinski definition) is 1. The summed E-state index contributed by atoms with van der Waals surface area (Å²) in [6, 6.07) is 20.2. The van der Waals surface area contributed by atoms with Crippen LogP contribution >= 0.6 is 0 Å². The van der Waals surface area contributed by atoms with Gasteiger partial charge in [0.05, 0.1) is 12.8 Å². The number of ether oxygens (including phenoxy) is 3. The average molecular weight is 431 g/mol. The Hall–Kier alpha value is -3.84. The van der Waals surface area contributed by atoms with Gasteiger partial charge in [0, 0.05) is 30.4 Å². The van der Waals surface area contributed by atoms with Crippen molar-refractivity contribution in [3.8, 4) is 34.2 Å². The molecule has 0 unspecified atom stereocenters. The molecule has 3 aromatic carbocycles. The maximum absolute atomic E-state index is 14.4. The molecule has 5 rings (SSSR count). The Morgan fingerprint density at radius 3 is 2.62 bits per heavy atom. The molecule has 2 heterocycles. The van der Waals surface area contributed by atoms with Crippen LogP contribution in [0.4, 0.5) is 4.39 Å². The monoisotopic (exact) mass is 431 g/mol. The fourth-order valence-electron chi connectivity index (χ4n) is 3.68. The Bertz CT molecular complexity index is 1240. The maximum atomic E-state index is 14.4. The lowest BCUT2D eigenvalue weighted by atomic mass is 10.1. The third-order valence-corrected chi connectivity index (χ3v) is 5.33. The molecule has 6 nitrogen and oxygen atoms in total. The highest BCUT2D eigenvalue weighted by Gasteiger charge is 2.16. The van der Waals surface area contributed by atoms with Gasteiger partial charge >= 0.3 is 0 Å². The molecule has 0 saturated carbocycles. The predicted molar refractivity (Wildman–Crippen MR) is 119 cm³/mol. The Morgan fingerprint density at radius 2 is 1.81 bits per heavy atom. The standard InChI is InChI=1S/C25H22FN3O3/c1-30-20-9-7-18(8-10-20)25-19(15-29(28-25)22-5-3-2-4-21(22)26)14-27-13-17-6-11-23-24(12-17)32-16-31-23/h2-12,15,27H,13-14,16H2,1H3. The molecule has 0 atom stereocenters. The number of aromatic nitrogens is 2. The second-order valence-electron chi connectivity index (χ2n) is 7.42. The summed E-state index contributed by atoms with van der Waals surface area (Å²) < 4.78 is 32.1. The highest BCUT2D eigenvalue weighted by Crippen LogP contribution is 2.32. The summed E-state index contributed by atoms with van der Waals surface area (Å²) in [5, 5.41) is 8.15. The van der Waals surface area contributed by atoms with E-state index in [9.17, 15) is 4.39 Å². The summed E-state index contributed by atoms with van der Waals surface area (Å²) in [7, 11) is 1.63. The van der Waals surface area contributed by atoms with Crippen molar-refractivity contribution in [3.05, 3.63) is 89.9 Å². The summed E-state index contributed by atoms with van der Waals surface area (Å²) in [6.07, 6.45) is 1.87. The van der Waals surface area contributed by atoms with Crippen LogP contribution in [0.25, 0.3) is 16.9 Å². The summed E-state index contributed by atoms with van der Waals surface area (Å²) in [4.78, 5) is 0. The molecule has 4 aromatic rings. The van der Waals surface area contributed by atoms with Gasteiger partial charge in [0.15, 0.2) is 11.5 Å². The molecule has 1 N–H and O–H groups in total. The van der Waals surface area contributed by atoms with Crippen LogP contribution in [-0.4, -0.2) is 23.7 Å². The van der Waals surface area contributed by atoms with E-state index in [0.717, 1.165) is 39.6 Å². The van der Waals surface area contributed by atoms with E-state index < -0.39 is 0 Å². The first-order valence-corrected chi connectivity index (χ1v) is 10.3. The number of para-hydroxylation sites is 1. The van der Waals surface area contributed by atoms with E-state index in [2.05, 4.69) is 5.32 Å². The predicted octanol–water partition coefficient (Wildman–Crippen LogP) is 4.71. The van der Waals surface area contributed by atoms with Crippen molar-refractivity contribution in [2.24, 2.45) is 0 Å². The number of nitrogens with one attached hydrogen (secondary N) is 1. The number of benzene rings is 3. The number of rotatable bonds is 7. The quantitative estimate of drug-likeness (QED) is 0.460. The average Bonchev–Trinajstić information content (AvgIpc) is 3.46. The molecule has 7 heteroatoms. The maximum Gasteiger partial charge on any atom is 0.231 e. The van der Waals surface area contributed by atoms with Crippen molar-refractivity contribution >= 4 is 0 Å². The third-order valence-electron chi connectivity index (χ3n) is 5.33. The Kier molecular flexibility index (Phi) is 5.47. The lowest BCUT2D eigenvalue weighted by molar-refractivity contribution is 0.174. The molecule has 1 aromatic heterocycles. The van der Waals surface area contributed by atoms with Gasteiger partial charge < -0.3 is 19.5 Å². The molecule has 0 radical (unpaired) electrons. The number of fused-ring (bicyclic) bond motifs is 1. The van der Waals surface area contributed by atoms with Crippen LogP contribution in [0.1, 0.15) is 11.1 Å². The molecular weight excluding hydrogens is 409 g/mol. The minimum atomic E-state index is -0.323. The Morgan fingerprint density at radius 1 is 1.00 bits per heavy atom. The van der Waals surface area contributed by atoms with Gasteiger partial charge in [0.25, 0.3) is 0 Å². The fraction of sp³-hybridized carbons (Fsp3) is 0.160. The smallest absolute Gasteiger partial charge is 0.231 e. The summed E-state index contributed by atoms with van der Waals surface area (Å²) in [5.41, 5.74) is 4.17. The number of methoxy groups -OCH3 is 1. The molecule has 0 amide bonds. The molecule has 0 fully saturated rings. The summed E-state index contributed by atoms with van der Waals surface area (Å²) >= 11 is 0. The number of nitrogens with zero attached hydrogens (tertiary/aromatic N) is 2. The van der Waals surface area contributed by atoms with Crippen molar-refractivity contribution in [1.82, 2.24) is 15.1 Å². The Balaban J connectivity index is 1.41. The van der Waals surface area contributed by atoms with Gasteiger partial charge in [-0.15, -0.1) is 0 Å². The van der Waals surface area contributed by atoms with Gasteiger partial charge in [0.2, 0.25) is 6.79 Å². The van der Waals surface area contributed by atoms with E-state index in [4.69, 9.17) is 19.3 Å². The molecule has 162 valence electrons. The van der Waals surface area contributed by atoms with Crippen molar-refractivity contribution in [2.45, 2.75) is 13.1 Å². The van der Waals surface area contributed by atoms with Crippen molar-refractivity contribution in [3.63, 3.8) is 0 Å². The minimum Gasteiger partial charge on any atom is -0.497 e. The van der Waals surface area contributed by atoms with Crippen LogP contribution in [-0.2, 0) is 13.1 Å². The second kappa shape index (κ2) is 8.72. The zero-order valence-corrected chi connectivity index (χ0v) is 17.5. The molecule has 0 spiro atoms. The van der Waals surface area contributed by atoms with E-state index in [0.29, 0.717) is 18.8 Å². The lowest BCUT2D eigenvalue weighted by Crippen LogP contribution is -2.12. The minimum absolute atomic E-state index is 0.257. The summed E-state index contributed by atoms with van der Waals surface area (Å²) in [5.74, 6) is 1.97. The van der Waals surface area contributed by atoms with Gasteiger partial charge in [-0.25, -0.2) is 9.07 Å². The van der Waals surface area contributed by atoms with Crippen LogP contribution in [0.15, 0.2) is 72.9 Å². The fourth-order valence-corrected chi connectivity index (χ4v) is 3.68. The van der Waals surface area contributed by atoms with Crippen LogP contribution in [0.3, 0.4) is 0 Å². The van der Waals surface area contributed by atoms with Gasteiger partial charge in [-0.05, 0) is 54.1 Å². The zero-order valence-electron chi connectivity index (χ0n) is 17.5. The van der Waals surface area contributed by atoms with Crippen molar-refractivity contribution in [2.75, 3.05) is 13.9 Å². The van der Waals surface area contributed by atoms with E-state index in [1.807, 2.05) is 48.7 Å². The molecular formula is C25H22FN3O3. The topological polar surface area (TPSA) is 57.5 Å². The first-order chi connectivity index (χ1) is 15.7. The molecule has 1 aliphatic rings. The highest BCUT2D eigenvalue weighted by molar-refractivity contribution is 5.64. The molecule has 0 bridgehead atoms. The normalized spacial score (nSPS) is 12.2. The van der Waals surface area contributed by atoms with Crippen LogP contribution in [0.2, 0.25) is 0 Å². The lowest BCUT2D eigenvalue weighted by Gasteiger charge is -2.07. The molecule has 32 heavy (non-hydrogen) atoms. The van der Waals surface area contributed by atoms with Gasteiger partial charge in [-0.3, -0.25) is 0 Å². The van der Waals surface area contributed by atoms with Gasteiger partial charge in [-0.1, -0.05) is 18.2 Å². The second-order valence-corrected chi connectivity index (χ2v) is 7.42. The first kappa shape index (κ1) is 20.1. The molecule has 0 aliphatic carbocycles. The highest BCUT2D eigenvalue weighted by atomic mass is 19.1. The van der Waals surface area contributed by atoms with Crippen LogP contribution in [0, 0.1) is 5.82 Å². The van der Waals surface area contributed by atoms with Crippen LogP contribution in [0.5, 0.6) is 17.2 Å². The SMILES string of the molecule is COc1ccc(-c2nn(-c3ccccc3F)cc2CNCc2ccc3c(c2)OCO3)cc1. The number of hydrogen-bond acceptors (Lipinski definition) is 5. The molecule has 1 aliphatic heterocycles. The molecule has 0 saturated heterocycles. The van der Waals surface area contributed by atoms with Gasteiger partial charge in [-0.2, -0.15) is 5.10 Å². The van der Waals surface area contributed by atoms with Gasteiger partial charge in [0.1, 0.15) is 17.3 Å². The zero-order chi connectivity index (χ0) is 21.9. The third kappa shape index (κ3) is 4.02.